The summed E-state index contributed by atoms with van der Waals surface area (Å²) in [6.07, 6.45) is 0.642. The highest BCUT2D eigenvalue weighted by molar-refractivity contribution is 7.17. The maximum Gasteiger partial charge on any atom is 0.347 e. The number of rotatable bonds is 6. The zero-order valence-corrected chi connectivity index (χ0v) is 13.4. The van der Waals surface area contributed by atoms with E-state index in [4.69, 9.17) is 0 Å². The first-order valence-corrected chi connectivity index (χ1v) is 8.24. The predicted molar refractivity (Wildman–Crippen MR) is 84.1 cm³/mol. The fraction of sp³-hybridized carbons (Fsp3) is 0.429. The summed E-state index contributed by atoms with van der Waals surface area (Å²) in [4.78, 5) is 19.5. The van der Waals surface area contributed by atoms with E-state index in [1.807, 2.05) is 13.0 Å². The molecule has 0 unspecified atom stereocenters. The molecule has 2 aromatic rings. The lowest BCUT2D eigenvalue weighted by Crippen LogP contribution is -2.29. The monoisotopic (exact) mass is 310 g/mol. The van der Waals surface area contributed by atoms with Crippen LogP contribution < -0.4 is 4.90 Å². The molecule has 0 aliphatic carbocycles. The molecule has 1 N–H and O–H groups in total. The Bertz CT molecular complexity index is 576. The molecule has 2 aromatic heterocycles. The van der Waals surface area contributed by atoms with Crippen LogP contribution in [0.25, 0.3) is 0 Å². The molecule has 20 heavy (non-hydrogen) atoms. The second-order valence-corrected chi connectivity index (χ2v) is 6.74. The number of carboxylic acids is 1. The third-order valence-corrected chi connectivity index (χ3v) is 4.97. The van der Waals surface area contributed by atoms with Gasteiger partial charge in [-0.3, -0.25) is 0 Å². The highest BCUT2D eigenvalue weighted by atomic mass is 32.1. The van der Waals surface area contributed by atoms with Gasteiger partial charge in [0.1, 0.15) is 4.88 Å². The van der Waals surface area contributed by atoms with Crippen LogP contribution in [-0.4, -0.2) is 22.1 Å². The van der Waals surface area contributed by atoms with Crippen LogP contribution in [0.15, 0.2) is 17.5 Å². The number of aromatic nitrogens is 1. The van der Waals surface area contributed by atoms with Gasteiger partial charge in [0.05, 0.1) is 12.2 Å². The molecule has 0 bridgehead atoms. The molecule has 0 saturated carbocycles. The quantitative estimate of drug-likeness (QED) is 0.879. The van der Waals surface area contributed by atoms with Crippen molar-refractivity contribution in [3.8, 4) is 0 Å². The second kappa shape index (κ2) is 6.37. The number of hydrogen-bond acceptors (Lipinski definition) is 5. The van der Waals surface area contributed by atoms with Crippen molar-refractivity contribution in [2.75, 3.05) is 4.90 Å². The van der Waals surface area contributed by atoms with Crippen LogP contribution in [0.2, 0.25) is 0 Å². The number of carboxylic acid groups (broad SMARTS) is 1. The minimum atomic E-state index is -0.884. The molecule has 0 radical (unpaired) electrons. The molecule has 0 aliphatic rings. The number of thiophene rings is 1. The number of hydrogen-bond donors (Lipinski definition) is 1. The summed E-state index contributed by atoms with van der Waals surface area (Å²) in [6, 6.07) is 4.39. The number of aryl methyl sites for hydroxylation is 1. The van der Waals surface area contributed by atoms with Gasteiger partial charge in [-0.2, -0.15) is 0 Å². The van der Waals surface area contributed by atoms with Gasteiger partial charge in [-0.15, -0.1) is 11.3 Å². The van der Waals surface area contributed by atoms with Crippen molar-refractivity contribution in [2.45, 2.75) is 39.8 Å². The van der Waals surface area contributed by atoms with E-state index in [0.717, 1.165) is 11.7 Å². The fourth-order valence-electron chi connectivity index (χ4n) is 1.91. The van der Waals surface area contributed by atoms with E-state index in [9.17, 15) is 9.90 Å². The second-order valence-electron chi connectivity index (χ2n) is 4.73. The first kappa shape index (κ1) is 15.0. The molecular formula is C14H18N2O2S2. The van der Waals surface area contributed by atoms with E-state index in [2.05, 4.69) is 35.2 Å². The van der Waals surface area contributed by atoms with Gasteiger partial charge >= 0.3 is 5.97 Å². The molecule has 0 atom stereocenters. The van der Waals surface area contributed by atoms with Crippen LogP contribution in [0.3, 0.4) is 0 Å². The molecule has 2 rings (SSSR count). The molecular weight excluding hydrogens is 292 g/mol. The Morgan fingerprint density at radius 1 is 1.50 bits per heavy atom. The van der Waals surface area contributed by atoms with Gasteiger partial charge in [-0.05, 0) is 31.7 Å². The van der Waals surface area contributed by atoms with Gasteiger partial charge in [0, 0.05) is 10.9 Å². The van der Waals surface area contributed by atoms with Crippen molar-refractivity contribution in [1.82, 2.24) is 4.98 Å². The molecule has 6 heteroatoms. The van der Waals surface area contributed by atoms with Crippen molar-refractivity contribution in [3.05, 3.63) is 33.0 Å². The lowest BCUT2D eigenvalue weighted by atomic mass is 10.3. The van der Waals surface area contributed by atoms with E-state index < -0.39 is 5.97 Å². The Labute approximate surface area is 126 Å². The molecule has 0 fully saturated rings. The molecule has 0 aliphatic heterocycles. The van der Waals surface area contributed by atoms with Gasteiger partial charge in [0.2, 0.25) is 0 Å². The highest BCUT2D eigenvalue weighted by Gasteiger charge is 2.21. The molecule has 108 valence electrons. The Kier molecular flexibility index (Phi) is 4.77. The van der Waals surface area contributed by atoms with Crippen LogP contribution in [0.5, 0.6) is 0 Å². The standard InChI is InChI=1S/C14H18N2O2S2/c1-4-11-12(13(17)18)20-14(15-11)16(9(2)3)8-10-6-5-7-19-10/h5-7,9H,4,8H2,1-3H3,(H,17,18). The molecule has 0 amide bonds. The summed E-state index contributed by atoms with van der Waals surface area (Å²) >= 11 is 2.98. The topological polar surface area (TPSA) is 53.4 Å². The normalized spacial score (nSPS) is 11.0. The van der Waals surface area contributed by atoms with Crippen molar-refractivity contribution in [1.29, 1.82) is 0 Å². The third kappa shape index (κ3) is 3.19. The Morgan fingerprint density at radius 2 is 2.25 bits per heavy atom. The minimum absolute atomic E-state index is 0.273. The highest BCUT2D eigenvalue weighted by Crippen LogP contribution is 2.30. The number of anilines is 1. The van der Waals surface area contributed by atoms with Crippen LogP contribution in [0.4, 0.5) is 5.13 Å². The lowest BCUT2D eigenvalue weighted by molar-refractivity contribution is 0.0701. The summed E-state index contributed by atoms with van der Waals surface area (Å²) < 4.78 is 0. The van der Waals surface area contributed by atoms with Gasteiger partial charge in [0.15, 0.2) is 5.13 Å². The van der Waals surface area contributed by atoms with Crippen molar-refractivity contribution >= 4 is 33.8 Å². The van der Waals surface area contributed by atoms with Gasteiger partial charge in [-0.25, -0.2) is 9.78 Å². The van der Waals surface area contributed by atoms with E-state index in [0.29, 0.717) is 17.0 Å². The average Bonchev–Trinajstić information content (AvgIpc) is 3.04. The van der Waals surface area contributed by atoms with Crippen LogP contribution in [-0.2, 0) is 13.0 Å². The van der Waals surface area contributed by atoms with Crippen molar-refractivity contribution < 1.29 is 9.90 Å². The van der Waals surface area contributed by atoms with E-state index in [-0.39, 0.29) is 6.04 Å². The summed E-state index contributed by atoms with van der Waals surface area (Å²) in [5.74, 6) is -0.884. The van der Waals surface area contributed by atoms with Crippen LogP contribution in [0.1, 0.15) is 41.0 Å². The summed E-state index contributed by atoms with van der Waals surface area (Å²) in [6.45, 7) is 6.90. The van der Waals surface area contributed by atoms with Crippen molar-refractivity contribution in [2.24, 2.45) is 0 Å². The van der Waals surface area contributed by atoms with Crippen LogP contribution >= 0.6 is 22.7 Å². The fourth-order valence-corrected chi connectivity index (χ4v) is 3.74. The van der Waals surface area contributed by atoms with Crippen molar-refractivity contribution in [3.63, 3.8) is 0 Å². The van der Waals surface area contributed by atoms with E-state index in [1.165, 1.54) is 16.2 Å². The molecule has 0 saturated heterocycles. The summed E-state index contributed by atoms with van der Waals surface area (Å²) in [5, 5.41) is 12.1. The SMILES string of the molecule is CCc1nc(N(Cc2cccs2)C(C)C)sc1C(=O)O. The average molecular weight is 310 g/mol. The van der Waals surface area contributed by atoms with Crippen LogP contribution in [0, 0.1) is 0 Å². The predicted octanol–water partition coefficient (Wildman–Crippen LogP) is 3.88. The minimum Gasteiger partial charge on any atom is -0.477 e. The molecule has 0 aromatic carbocycles. The summed E-state index contributed by atoms with van der Waals surface area (Å²) in [5.41, 5.74) is 0.675. The number of carbonyl (C=O) groups is 1. The Hall–Kier alpha value is -1.40. The maximum absolute atomic E-state index is 11.3. The third-order valence-electron chi connectivity index (χ3n) is 2.99. The number of nitrogens with zero attached hydrogens (tertiary/aromatic N) is 2. The Morgan fingerprint density at radius 3 is 2.70 bits per heavy atom. The maximum atomic E-state index is 11.3. The number of aromatic carboxylic acids is 1. The lowest BCUT2D eigenvalue weighted by Gasteiger charge is -2.25. The summed E-state index contributed by atoms with van der Waals surface area (Å²) in [7, 11) is 0. The van der Waals surface area contributed by atoms with E-state index in [1.54, 1.807) is 11.3 Å². The largest absolute Gasteiger partial charge is 0.477 e. The Balaban J connectivity index is 2.32. The smallest absolute Gasteiger partial charge is 0.347 e. The van der Waals surface area contributed by atoms with Gasteiger partial charge in [-0.1, -0.05) is 24.3 Å². The van der Waals surface area contributed by atoms with Gasteiger partial charge < -0.3 is 10.0 Å². The zero-order valence-electron chi connectivity index (χ0n) is 11.8. The van der Waals surface area contributed by atoms with E-state index >= 15 is 0 Å². The first-order valence-electron chi connectivity index (χ1n) is 6.55. The molecule has 4 nitrogen and oxygen atoms in total. The molecule has 0 spiro atoms. The van der Waals surface area contributed by atoms with Gasteiger partial charge in [0.25, 0.3) is 0 Å². The number of thiazole rings is 1. The first-order chi connectivity index (χ1) is 9.52. The molecule has 2 heterocycles. The zero-order chi connectivity index (χ0) is 14.7.